The SMILES string of the molecule is CN1C2CCC1CN(CC(=O)c1ccc(Br)cc1)CC2. The van der Waals surface area contributed by atoms with E-state index in [0.29, 0.717) is 12.6 Å². The largest absolute Gasteiger partial charge is 0.299 e. The number of Topliss-reactive ketones (excluding diaryl/α,β-unsaturated/α-hetero) is 1. The zero-order chi connectivity index (χ0) is 14.1. The lowest BCUT2D eigenvalue weighted by molar-refractivity contribution is 0.0923. The number of halogens is 1. The van der Waals surface area contributed by atoms with E-state index in [1.165, 1.54) is 19.3 Å². The highest BCUT2D eigenvalue weighted by Gasteiger charge is 2.34. The molecule has 3 nitrogen and oxygen atoms in total. The van der Waals surface area contributed by atoms with E-state index >= 15 is 0 Å². The number of fused-ring (bicyclic) bond motifs is 2. The molecule has 3 rings (SSSR count). The minimum Gasteiger partial charge on any atom is -0.299 e. The lowest BCUT2D eigenvalue weighted by Gasteiger charge is -2.25. The molecular weight excluding hydrogens is 316 g/mol. The van der Waals surface area contributed by atoms with Gasteiger partial charge in [0.15, 0.2) is 5.78 Å². The van der Waals surface area contributed by atoms with Crippen molar-refractivity contribution in [3.63, 3.8) is 0 Å². The van der Waals surface area contributed by atoms with Crippen molar-refractivity contribution in [2.45, 2.75) is 31.3 Å². The zero-order valence-electron chi connectivity index (χ0n) is 11.9. The van der Waals surface area contributed by atoms with Gasteiger partial charge >= 0.3 is 0 Å². The smallest absolute Gasteiger partial charge is 0.176 e. The maximum Gasteiger partial charge on any atom is 0.176 e. The molecule has 0 spiro atoms. The summed E-state index contributed by atoms with van der Waals surface area (Å²) >= 11 is 3.40. The van der Waals surface area contributed by atoms with Crippen LogP contribution in [0.1, 0.15) is 29.6 Å². The number of nitrogens with zero attached hydrogens (tertiary/aromatic N) is 2. The van der Waals surface area contributed by atoms with Crippen LogP contribution in [0, 0.1) is 0 Å². The first-order valence-electron chi connectivity index (χ1n) is 7.36. The van der Waals surface area contributed by atoms with Crippen LogP contribution in [0.5, 0.6) is 0 Å². The van der Waals surface area contributed by atoms with E-state index in [1.54, 1.807) is 0 Å². The van der Waals surface area contributed by atoms with Crippen molar-refractivity contribution in [1.82, 2.24) is 9.80 Å². The molecule has 0 saturated carbocycles. The molecule has 0 amide bonds. The van der Waals surface area contributed by atoms with Gasteiger partial charge in [-0.25, -0.2) is 0 Å². The predicted molar refractivity (Wildman–Crippen MR) is 84.1 cm³/mol. The minimum atomic E-state index is 0.234. The molecule has 2 atom stereocenters. The standard InChI is InChI=1S/C16H21BrN2O/c1-18-14-6-7-15(18)10-19(9-8-14)11-16(20)12-2-4-13(17)5-3-12/h2-5,14-15H,6-11H2,1H3. The van der Waals surface area contributed by atoms with E-state index in [0.717, 1.165) is 29.2 Å². The second-order valence-electron chi connectivity index (χ2n) is 6.00. The van der Waals surface area contributed by atoms with Crippen LogP contribution < -0.4 is 0 Å². The van der Waals surface area contributed by atoms with Gasteiger partial charge in [-0.1, -0.05) is 28.1 Å². The fraction of sp³-hybridized carbons (Fsp3) is 0.562. The van der Waals surface area contributed by atoms with Crippen LogP contribution >= 0.6 is 15.9 Å². The van der Waals surface area contributed by atoms with Crippen LogP contribution in [-0.4, -0.2) is 54.3 Å². The summed E-state index contributed by atoms with van der Waals surface area (Å²) in [4.78, 5) is 17.2. The molecule has 2 heterocycles. The summed E-state index contributed by atoms with van der Waals surface area (Å²) in [5.74, 6) is 0.234. The molecular formula is C16H21BrN2O. The first-order valence-corrected chi connectivity index (χ1v) is 8.16. The van der Waals surface area contributed by atoms with Crippen LogP contribution in [0.3, 0.4) is 0 Å². The van der Waals surface area contributed by atoms with Crippen molar-refractivity contribution in [3.05, 3.63) is 34.3 Å². The van der Waals surface area contributed by atoms with Crippen molar-refractivity contribution in [2.24, 2.45) is 0 Å². The summed E-state index contributed by atoms with van der Waals surface area (Å²) < 4.78 is 1.02. The number of hydrogen-bond donors (Lipinski definition) is 0. The van der Waals surface area contributed by atoms with Crippen molar-refractivity contribution in [3.8, 4) is 0 Å². The third-order valence-electron chi connectivity index (χ3n) is 4.77. The first kappa shape index (κ1) is 14.2. The van der Waals surface area contributed by atoms with Crippen LogP contribution in [-0.2, 0) is 0 Å². The average molecular weight is 337 g/mol. The molecule has 2 aliphatic heterocycles. The van der Waals surface area contributed by atoms with Gasteiger partial charge in [-0.2, -0.15) is 0 Å². The van der Waals surface area contributed by atoms with Crippen LogP contribution in [0.4, 0.5) is 0 Å². The maximum absolute atomic E-state index is 12.4. The fourth-order valence-electron chi connectivity index (χ4n) is 3.45. The van der Waals surface area contributed by atoms with E-state index in [9.17, 15) is 4.79 Å². The number of likely N-dealkylation sites (tertiary alicyclic amines) is 1. The number of benzene rings is 1. The Balaban J connectivity index is 1.63. The molecule has 0 N–H and O–H groups in total. The Kier molecular flexibility index (Phi) is 4.24. The van der Waals surface area contributed by atoms with Gasteiger partial charge in [-0.3, -0.25) is 14.6 Å². The van der Waals surface area contributed by atoms with Crippen molar-refractivity contribution >= 4 is 21.7 Å². The molecule has 4 heteroatoms. The molecule has 2 unspecified atom stereocenters. The predicted octanol–water partition coefficient (Wildman–Crippen LogP) is 2.80. The van der Waals surface area contributed by atoms with Gasteiger partial charge in [-0.15, -0.1) is 0 Å². The number of likely N-dealkylation sites (N-methyl/N-ethyl adjacent to an activating group) is 1. The number of rotatable bonds is 3. The van der Waals surface area contributed by atoms with Gasteiger partial charge in [0.2, 0.25) is 0 Å². The highest BCUT2D eigenvalue weighted by molar-refractivity contribution is 9.10. The minimum absolute atomic E-state index is 0.234. The Bertz CT molecular complexity index is 488. The number of carbonyl (C=O) groups excluding carboxylic acids is 1. The van der Waals surface area contributed by atoms with Gasteiger partial charge in [0, 0.05) is 35.2 Å². The summed E-state index contributed by atoms with van der Waals surface area (Å²) in [6.45, 7) is 2.64. The lowest BCUT2D eigenvalue weighted by Crippen LogP contribution is -2.38. The third-order valence-corrected chi connectivity index (χ3v) is 5.29. The van der Waals surface area contributed by atoms with Crippen LogP contribution in [0.2, 0.25) is 0 Å². The quantitative estimate of drug-likeness (QED) is 0.793. The fourth-order valence-corrected chi connectivity index (χ4v) is 3.72. The highest BCUT2D eigenvalue weighted by atomic mass is 79.9. The number of hydrogen-bond acceptors (Lipinski definition) is 3. The lowest BCUT2D eigenvalue weighted by atomic mass is 10.1. The molecule has 2 bridgehead atoms. The van der Waals surface area contributed by atoms with E-state index in [-0.39, 0.29) is 5.78 Å². The van der Waals surface area contributed by atoms with Crippen LogP contribution in [0.25, 0.3) is 0 Å². The zero-order valence-corrected chi connectivity index (χ0v) is 13.5. The Morgan fingerprint density at radius 1 is 1.20 bits per heavy atom. The van der Waals surface area contributed by atoms with Gasteiger partial charge in [0.05, 0.1) is 6.54 Å². The molecule has 2 fully saturated rings. The van der Waals surface area contributed by atoms with Crippen molar-refractivity contribution in [2.75, 3.05) is 26.7 Å². The Morgan fingerprint density at radius 3 is 2.65 bits per heavy atom. The average Bonchev–Trinajstić information content (AvgIpc) is 2.68. The summed E-state index contributed by atoms with van der Waals surface area (Å²) in [5.41, 5.74) is 0.816. The van der Waals surface area contributed by atoms with E-state index in [1.807, 2.05) is 24.3 Å². The molecule has 20 heavy (non-hydrogen) atoms. The maximum atomic E-state index is 12.4. The molecule has 1 aromatic carbocycles. The van der Waals surface area contributed by atoms with Gasteiger partial charge in [0.25, 0.3) is 0 Å². The molecule has 0 aromatic heterocycles. The molecule has 1 aromatic rings. The highest BCUT2D eigenvalue weighted by Crippen LogP contribution is 2.28. The molecule has 2 aliphatic rings. The second-order valence-corrected chi connectivity index (χ2v) is 6.92. The Labute approximate surface area is 129 Å². The van der Waals surface area contributed by atoms with Crippen molar-refractivity contribution in [1.29, 1.82) is 0 Å². The van der Waals surface area contributed by atoms with E-state index < -0.39 is 0 Å². The summed E-state index contributed by atoms with van der Waals surface area (Å²) in [7, 11) is 2.24. The monoisotopic (exact) mass is 336 g/mol. The summed E-state index contributed by atoms with van der Waals surface area (Å²) in [5, 5.41) is 0. The van der Waals surface area contributed by atoms with E-state index in [4.69, 9.17) is 0 Å². The number of carbonyl (C=O) groups is 1. The van der Waals surface area contributed by atoms with E-state index in [2.05, 4.69) is 32.8 Å². The van der Waals surface area contributed by atoms with Crippen molar-refractivity contribution < 1.29 is 4.79 Å². The summed E-state index contributed by atoms with van der Waals surface area (Å²) in [6.07, 6.45) is 3.81. The molecule has 108 valence electrons. The third kappa shape index (κ3) is 2.97. The van der Waals surface area contributed by atoms with Gasteiger partial charge < -0.3 is 0 Å². The Hall–Kier alpha value is -0.710. The van der Waals surface area contributed by atoms with Gasteiger partial charge in [0.1, 0.15) is 0 Å². The first-order chi connectivity index (χ1) is 9.63. The Morgan fingerprint density at radius 2 is 1.90 bits per heavy atom. The number of ketones is 1. The molecule has 2 saturated heterocycles. The molecule has 0 radical (unpaired) electrons. The van der Waals surface area contributed by atoms with Gasteiger partial charge in [-0.05, 0) is 38.4 Å². The van der Waals surface area contributed by atoms with Crippen LogP contribution in [0.15, 0.2) is 28.7 Å². The normalized spacial score (nSPS) is 27.5. The topological polar surface area (TPSA) is 23.6 Å². The molecule has 0 aliphatic carbocycles. The summed E-state index contributed by atoms with van der Waals surface area (Å²) in [6, 6.07) is 9.05. The second kappa shape index (κ2) is 5.96.